The molecule has 0 aromatic heterocycles. The molecular formula is C15H18Cl2O3. The Morgan fingerprint density at radius 3 is 2.35 bits per heavy atom. The summed E-state index contributed by atoms with van der Waals surface area (Å²) in [6.45, 7) is 0. The first-order valence-corrected chi connectivity index (χ1v) is 7.66. The van der Waals surface area contributed by atoms with Gasteiger partial charge >= 0.3 is 5.97 Å². The Morgan fingerprint density at radius 2 is 1.80 bits per heavy atom. The molecule has 0 aliphatic heterocycles. The number of halogens is 2. The predicted molar refractivity (Wildman–Crippen MR) is 79.7 cm³/mol. The third-order valence-corrected chi connectivity index (χ3v) is 4.10. The van der Waals surface area contributed by atoms with Crippen LogP contribution in [0.25, 0.3) is 0 Å². The van der Waals surface area contributed by atoms with Gasteiger partial charge in [-0.05, 0) is 30.5 Å². The first-order chi connectivity index (χ1) is 9.54. The summed E-state index contributed by atoms with van der Waals surface area (Å²) < 4.78 is 5.57. The van der Waals surface area contributed by atoms with Crippen LogP contribution in [0.15, 0.2) is 18.2 Å². The van der Waals surface area contributed by atoms with Gasteiger partial charge in [-0.3, -0.25) is 0 Å². The third kappa shape index (κ3) is 4.57. The van der Waals surface area contributed by atoms with Crippen molar-refractivity contribution in [2.45, 2.75) is 44.6 Å². The van der Waals surface area contributed by atoms with E-state index in [1.54, 1.807) is 18.2 Å². The number of carboxylic acids is 1. The second kappa shape index (κ2) is 7.19. The van der Waals surface area contributed by atoms with Crippen LogP contribution in [0.3, 0.4) is 0 Å². The minimum atomic E-state index is -0.938. The highest BCUT2D eigenvalue weighted by Gasteiger charge is 2.25. The summed E-state index contributed by atoms with van der Waals surface area (Å²) in [7, 11) is 0. The number of carboxylic acid groups (broad SMARTS) is 1. The van der Waals surface area contributed by atoms with Crippen molar-refractivity contribution in [3.8, 4) is 5.75 Å². The molecule has 3 nitrogen and oxygen atoms in total. The van der Waals surface area contributed by atoms with E-state index in [1.807, 2.05) is 0 Å². The van der Waals surface area contributed by atoms with Gasteiger partial charge in [-0.25, -0.2) is 4.79 Å². The predicted octanol–water partition coefficient (Wildman–Crippen LogP) is 4.80. The van der Waals surface area contributed by atoms with Gasteiger partial charge in [0.15, 0.2) is 6.10 Å². The van der Waals surface area contributed by atoms with Crippen LogP contribution in [0, 0.1) is 5.92 Å². The molecule has 20 heavy (non-hydrogen) atoms. The number of hydrogen-bond acceptors (Lipinski definition) is 2. The molecule has 1 aromatic carbocycles. The van der Waals surface area contributed by atoms with Gasteiger partial charge in [-0.2, -0.15) is 0 Å². The Hall–Kier alpha value is -0.930. The van der Waals surface area contributed by atoms with Gasteiger partial charge in [-0.1, -0.05) is 55.3 Å². The molecule has 2 rings (SSSR count). The molecule has 1 N–H and O–H groups in total. The Labute approximate surface area is 128 Å². The number of hydrogen-bond donors (Lipinski definition) is 1. The molecule has 0 heterocycles. The van der Waals surface area contributed by atoms with Crippen molar-refractivity contribution in [1.29, 1.82) is 0 Å². The monoisotopic (exact) mass is 316 g/mol. The molecule has 1 aliphatic carbocycles. The topological polar surface area (TPSA) is 46.5 Å². The van der Waals surface area contributed by atoms with Gasteiger partial charge in [0.2, 0.25) is 0 Å². The molecule has 1 aromatic rings. The minimum absolute atomic E-state index is 0.408. The highest BCUT2D eigenvalue weighted by molar-refractivity contribution is 6.34. The molecular weight excluding hydrogens is 299 g/mol. The van der Waals surface area contributed by atoms with Gasteiger partial charge in [0, 0.05) is 10.0 Å². The lowest BCUT2D eigenvalue weighted by Gasteiger charge is -2.25. The third-order valence-electron chi connectivity index (χ3n) is 3.66. The van der Waals surface area contributed by atoms with E-state index < -0.39 is 12.1 Å². The summed E-state index contributed by atoms with van der Waals surface area (Å²) in [6, 6.07) is 4.77. The maximum atomic E-state index is 11.4. The number of ether oxygens (including phenoxy) is 1. The van der Waals surface area contributed by atoms with Crippen LogP contribution in [-0.4, -0.2) is 17.2 Å². The number of rotatable bonds is 5. The molecule has 0 bridgehead atoms. The Kier molecular flexibility index (Phi) is 5.55. The molecule has 0 amide bonds. The van der Waals surface area contributed by atoms with Crippen LogP contribution < -0.4 is 4.74 Å². The summed E-state index contributed by atoms with van der Waals surface area (Å²) in [5.74, 6) is -0.100. The van der Waals surface area contributed by atoms with E-state index in [9.17, 15) is 9.90 Å². The van der Waals surface area contributed by atoms with Gasteiger partial charge in [-0.15, -0.1) is 0 Å². The average Bonchev–Trinajstić information content (AvgIpc) is 2.38. The lowest BCUT2D eigenvalue weighted by molar-refractivity contribution is -0.146. The molecule has 0 saturated heterocycles. The summed E-state index contributed by atoms with van der Waals surface area (Å²) in [5.41, 5.74) is 0. The highest BCUT2D eigenvalue weighted by atomic mass is 35.5. The normalized spacial score (nSPS) is 17.7. The fourth-order valence-electron chi connectivity index (χ4n) is 2.69. The smallest absolute Gasteiger partial charge is 0.344 e. The van der Waals surface area contributed by atoms with Crippen molar-refractivity contribution in [3.05, 3.63) is 28.2 Å². The van der Waals surface area contributed by atoms with Gasteiger partial charge in [0.1, 0.15) is 5.75 Å². The second-order valence-electron chi connectivity index (χ2n) is 5.29. The van der Waals surface area contributed by atoms with Crippen molar-refractivity contribution in [1.82, 2.24) is 0 Å². The number of aliphatic carboxylic acids is 1. The number of benzene rings is 1. The SMILES string of the molecule is O=C(O)C(CC1CCCCC1)Oc1cc(Cl)cc(Cl)c1. The summed E-state index contributed by atoms with van der Waals surface area (Å²) in [5, 5.41) is 10.2. The zero-order chi connectivity index (χ0) is 14.5. The van der Waals surface area contributed by atoms with Crippen molar-refractivity contribution in [2.75, 3.05) is 0 Å². The van der Waals surface area contributed by atoms with Crippen molar-refractivity contribution in [3.63, 3.8) is 0 Å². The van der Waals surface area contributed by atoms with Crippen molar-refractivity contribution >= 4 is 29.2 Å². The van der Waals surface area contributed by atoms with E-state index in [0.717, 1.165) is 12.8 Å². The molecule has 110 valence electrons. The zero-order valence-electron chi connectivity index (χ0n) is 11.1. The molecule has 1 fully saturated rings. The lowest BCUT2D eigenvalue weighted by Crippen LogP contribution is -2.30. The van der Waals surface area contributed by atoms with Crippen molar-refractivity contribution in [2.24, 2.45) is 5.92 Å². The zero-order valence-corrected chi connectivity index (χ0v) is 12.7. The minimum Gasteiger partial charge on any atom is -0.479 e. The summed E-state index contributed by atoms with van der Waals surface area (Å²) >= 11 is 11.8. The summed E-state index contributed by atoms with van der Waals surface area (Å²) in [4.78, 5) is 11.4. The van der Waals surface area contributed by atoms with E-state index in [2.05, 4.69) is 0 Å². The van der Waals surface area contributed by atoms with Crippen LogP contribution in [0.2, 0.25) is 10.0 Å². The number of carbonyl (C=O) groups is 1. The van der Waals surface area contributed by atoms with E-state index in [-0.39, 0.29) is 0 Å². The Morgan fingerprint density at radius 1 is 1.20 bits per heavy atom. The fraction of sp³-hybridized carbons (Fsp3) is 0.533. The van der Waals surface area contributed by atoms with Gasteiger partial charge < -0.3 is 9.84 Å². The van der Waals surface area contributed by atoms with Crippen LogP contribution in [0.1, 0.15) is 38.5 Å². The lowest BCUT2D eigenvalue weighted by atomic mass is 9.85. The first-order valence-electron chi connectivity index (χ1n) is 6.90. The van der Waals surface area contributed by atoms with Crippen LogP contribution in [-0.2, 0) is 4.79 Å². The van der Waals surface area contributed by atoms with Crippen molar-refractivity contribution < 1.29 is 14.6 Å². The summed E-state index contributed by atoms with van der Waals surface area (Å²) in [6.07, 6.45) is 5.48. The van der Waals surface area contributed by atoms with Crippen LogP contribution in [0.5, 0.6) is 5.75 Å². The second-order valence-corrected chi connectivity index (χ2v) is 6.16. The molecule has 1 saturated carbocycles. The van der Waals surface area contributed by atoms with Crippen LogP contribution >= 0.6 is 23.2 Å². The maximum Gasteiger partial charge on any atom is 0.344 e. The van der Waals surface area contributed by atoms with E-state index in [1.165, 1.54) is 19.3 Å². The molecule has 0 spiro atoms. The van der Waals surface area contributed by atoms with E-state index in [0.29, 0.717) is 28.1 Å². The maximum absolute atomic E-state index is 11.4. The molecule has 1 aliphatic rings. The molecule has 0 radical (unpaired) electrons. The fourth-order valence-corrected chi connectivity index (χ4v) is 3.19. The molecule has 5 heteroatoms. The standard InChI is InChI=1S/C15H18Cl2O3/c16-11-7-12(17)9-13(8-11)20-14(15(18)19)6-10-4-2-1-3-5-10/h7-10,14H,1-6H2,(H,18,19). The molecule has 1 atom stereocenters. The highest BCUT2D eigenvalue weighted by Crippen LogP contribution is 2.30. The van der Waals surface area contributed by atoms with E-state index in [4.69, 9.17) is 27.9 Å². The largest absolute Gasteiger partial charge is 0.479 e. The quantitative estimate of drug-likeness (QED) is 0.849. The van der Waals surface area contributed by atoms with Crippen LogP contribution in [0.4, 0.5) is 0 Å². The average molecular weight is 317 g/mol. The van der Waals surface area contributed by atoms with Gasteiger partial charge in [0.05, 0.1) is 0 Å². The first kappa shape index (κ1) is 15.5. The Balaban J connectivity index is 2.02. The van der Waals surface area contributed by atoms with E-state index >= 15 is 0 Å². The molecule has 1 unspecified atom stereocenters. The van der Waals surface area contributed by atoms with Gasteiger partial charge in [0.25, 0.3) is 0 Å². The Bertz CT molecular complexity index is 450.